The van der Waals surface area contributed by atoms with Gasteiger partial charge >= 0.3 is 0 Å². The van der Waals surface area contributed by atoms with Crippen LogP contribution in [0.2, 0.25) is 0 Å². The van der Waals surface area contributed by atoms with Gasteiger partial charge in [0.1, 0.15) is 11.5 Å². The molecule has 0 atom stereocenters. The summed E-state index contributed by atoms with van der Waals surface area (Å²) in [6.07, 6.45) is 12.7. The van der Waals surface area contributed by atoms with Crippen molar-refractivity contribution in [2.45, 2.75) is 40.5 Å². The van der Waals surface area contributed by atoms with Crippen molar-refractivity contribution < 1.29 is 5.11 Å². The van der Waals surface area contributed by atoms with Gasteiger partial charge < -0.3 is 10.4 Å². The van der Waals surface area contributed by atoms with Crippen LogP contribution in [-0.4, -0.2) is 14.7 Å². The summed E-state index contributed by atoms with van der Waals surface area (Å²) in [4.78, 5) is 17.5. The van der Waals surface area contributed by atoms with Gasteiger partial charge in [0.25, 0.3) is 0 Å². The van der Waals surface area contributed by atoms with Crippen molar-refractivity contribution in [1.82, 2.24) is 9.55 Å². The summed E-state index contributed by atoms with van der Waals surface area (Å²) in [5.74, 6) is 0.724. The average molecular weight is 444 g/mol. The van der Waals surface area contributed by atoms with E-state index in [4.69, 9.17) is 10.1 Å². The Morgan fingerprint density at radius 2 is 1.79 bits per heavy atom. The third kappa shape index (κ3) is 6.81. The highest BCUT2D eigenvalue weighted by atomic mass is 16.2. The number of rotatable bonds is 3. The number of nitrogens with one attached hydrogen (secondary N) is 1. The SMILES string of the molecule is C/C=C/O.C=CC.Cc1cc2c(=O)cc(NC3=CCCC=C3)n(-c3ccccc3)c2nc1C. The Balaban J connectivity index is 0.000000489. The second-order valence-electron chi connectivity index (χ2n) is 7.48. The topological polar surface area (TPSA) is 67.2 Å². The average Bonchev–Trinajstić information content (AvgIpc) is 2.82. The van der Waals surface area contributed by atoms with Gasteiger partial charge in [0.05, 0.1) is 11.6 Å². The van der Waals surface area contributed by atoms with Gasteiger partial charge in [-0.2, -0.15) is 0 Å². The normalized spacial score (nSPS) is 12.3. The lowest BCUT2D eigenvalue weighted by atomic mass is 10.1. The first-order chi connectivity index (χ1) is 16.0. The van der Waals surface area contributed by atoms with E-state index >= 15 is 0 Å². The predicted molar refractivity (Wildman–Crippen MR) is 140 cm³/mol. The number of para-hydroxylation sites is 1. The fourth-order valence-corrected chi connectivity index (χ4v) is 3.21. The fraction of sp³-hybridized carbons (Fsp3) is 0.214. The monoisotopic (exact) mass is 443 g/mol. The number of fused-ring (bicyclic) bond motifs is 1. The zero-order valence-corrected chi connectivity index (χ0v) is 19.9. The number of pyridine rings is 2. The van der Waals surface area contributed by atoms with Crippen molar-refractivity contribution in [3.63, 3.8) is 0 Å². The molecule has 3 aromatic rings. The molecule has 0 unspecified atom stereocenters. The number of aliphatic hydroxyl groups excluding tert-OH is 1. The number of allylic oxidation sites excluding steroid dienone is 5. The highest BCUT2D eigenvalue weighted by Gasteiger charge is 2.14. The fourth-order valence-electron chi connectivity index (χ4n) is 3.21. The molecule has 0 radical (unpaired) electrons. The first-order valence-corrected chi connectivity index (χ1v) is 11.0. The van der Waals surface area contributed by atoms with Gasteiger partial charge in [-0.3, -0.25) is 9.36 Å². The van der Waals surface area contributed by atoms with Crippen LogP contribution < -0.4 is 10.7 Å². The van der Waals surface area contributed by atoms with Crippen LogP contribution in [-0.2, 0) is 0 Å². The maximum absolute atomic E-state index is 12.8. The van der Waals surface area contributed by atoms with Gasteiger partial charge in [0.2, 0.25) is 0 Å². The van der Waals surface area contributed by atoms with E-state index in [1.807, 2.05) is 61.7 Å². The van der Waals surface area contributed by atoms with Crippen molar-refractivity contribution in [2.24, 2.45) is 0 Å². The molecular weight excluding hydrogens is 410 g/mol. The molecule has 1 aliphatic carbocycles. The summed E-state index contributed by atoms with van der Waals surface area (Å²) in [6.45, 7) is 11.0. The number of hydrogen-bond acceptors (Lipinski definition) is 4. The van der Waals surface area contributed by atoms with Crippen molar-refractivity contribution in [3.8, 4) is 5.69 Å². The summed E-state index contributed by atoms with van der Waals surface area (Å²) < 4.78 is 2.02. The molecular formula is C28H33N3O2. The van der Waals surface area contributed by atoms with E-state index in [1.165, 1.54) is 0 Å². The Labute approximate surface area is 196 Å². The van der Waals surface area contributed by atoms with Crippen LogP contribution in [0.25, 0.3) is 16.7 Å². The van der Waals surface area contributed by atoms with Gasteiger partial charge in [-0.25, -0.2) is 4.98 Å². The standard InChI is InChI=1S/C22H21N3O.C3H6O.C3H6/c1-15-13-19-20(26)14-21(24-17-9-5-3-6-10-17)25(22(19)23-16(15)2)18-11-7-4-8-12-18;1-2-3-4;1-3-2/h4-5,7-14,24H,3,6H2,1-2H3;2-4H,1H3;3H,1H2,2H3/b;3-2+;. The van der Waals surface area contributed by atoms with Crippen LogP contribution in [0.1, 0.15) is 37.9 Å². The molecule has 0 bridgehead atoms. The number of hydrogen-bond donors (Lipinski definition) is 2. The van der Waals surface area contributed by atoms with Crippen molar-refractivity contribution in [3.05, 3.63) is 113 Å². The van der Waals surface area contributed by atoms with Gasteiger partial charge in [-0.1, -0.05) is 42.5 Å². The molecule has 2 heterocycles. The third-order valence-electron chi connectivity index (χ3n) is 4.86. The zero-order valence-electron chi connectivity index (χ0n) is 19.9. The first kappa shape index (κ1) is 25.4. The third-order valence-corrected chi connectivity index (χ3v) is 4.86. The first-order valence-electron chi connectivity index (χ1n) is 11.0. The molecule has 33 heavy (non-hydrogen) atoms. The molecule has 172 valence electrons. The van der Waals surface area contributed by atoms with Crippen LogP contribution in [0.4, 0.5) is 5.82 Å². The molecule has 0 spiro atoms. The largest absolute Gasteiger partial charge is 0.516 e. The van der Waals surface area contributed by atoms with Crippen LogP contribution in [0.15, 0.2) is 96.2 Å². The minimum atomic E-state index is -0.0225. The van der Waals surface area contributed by atoms with Crippen molar-refractivity contribution in [1.29, 1.82) is 0 Å². The Morgan fingerprint density at radius 3 is 2.36 bits per heavy atom. The lowest BCUT2D eigenvalue weighted by Crippen LogP contribution is -2.16. The Bertz CT molecular complexity index is 1220. The van der Waals surface area contributed by atoms with Crippen LogP contribution in [0.3, 0.4) is 0 Å². The van der Waals surface area contributed by atoms with E-state index in [1.54, 1.807) is 25.1 Å². The van der Waals surface area contributed by atoms with E-state index in [0.29, 0.717) is 11.0 Å². The zero-order chi connectivity index (χ0) is 24.2. The van der Waals surface area contributed by atoms with E-state index < -0.39 is 0 Å². The molecule has 4 rings (SSSR count). The van der Waals surface area contributed by atoms with E-state index in [0.717, 1.165) is 47.6 Å². The molecule has 5 nitrogen and oxygen atoms in total. The van der Waals surface area contributed by atoms with E-state index in [-0.39, 0.29) is 5.43 Å². The van der Waals surface area contributed by atoms with Gasteiger partial charge in [-0.05, 0) is 70.4 Å². The molecule has 2 aromatic heterocycles. The second kappa shape index (κ2) is 12.9. The Morgan fingerprint density at radius 1 is 1.12 bits per heavy atom. The molecule has 1 aliphatic rings. The molecule has 0 amide bonds. The molecule has 1 aromatic carbocycles. The predicted octanol–water partition coefficient (Wildman–Crippen LogP) is 6.92. The minimum Gasteiger partial charge on any atom is -0.516 e. The number of aromatic nitrogens is 2. The molecule has 0 saturated heterocycles. The molecule has 0 fully saturated rings. The molecule has 5 heteroatoms. The van der Waals surface area contributed by atoms with E-state index in [2.05, 4.69) is 30.1 Å². The van der Waals surface area contributed by atoms with Crippen molar-refractivity contribution in [2.75, 3.05) is 5.32 Å². The Hall–Kier alpha value is -3.86. The molecule has 2 N–H and O–H groups in total. The summed E-state index contributed by atoms with van der Waals surface area (Å²) in [5, 5.41) is 11.7. The summed E-state index contributed by atoms with van der Waals surface area (Å²) in [5.41, 5.74) is 4.57. The number of benzene rings is 1. The molecule has 0 saturated carbocycles. The lowest BCUT2D eigenvalue weighted by Gasteiger charge is -2.19. The van der Waals surface area contributed by atoms with Crippen LogP contribution in [0.5, 0.6) is 0 Å². The second-order valence-corrected chi connectivity index (χ2v) is 7.48. The van der Waals surface area contributed by atoms with Crippen molar-refractivity contribution >= 4 is 16.9 Å². The maximum atomic E-state index is 12.8. The van der Waals surface area contributed by atoms with Crippen LogP contribution in [0, 0.1) is 13.8 Å². The summed E-state index contributed by atoms with van der Waals surface area (Å²) >= 11 is 0. The quantitative estimate of drug-likeness (QED) is 0.341. The number of aryl methyl sites for hydroxylation is 2. The number of aliphatic hydroxyl groups is 1. The van der Waals surface area contributed by atoms with E-state index in [9.17, 15) is 4.79 Å². The summed E-state index contributed by atoms with van der Waals surface area (Å²) in [6, 6.07) is 13.6. The maximum Gasteiger partial charge on any atom is 0.193 e. The van der Waals surface area contributed by atoms with Gasteiger partial charge in [0.15, 0.2) is 5.43 Å². The van der Waals surface area contributed by atoms with Crippen LogP contribution >= 0.6 is 0 Å². The van der Waals surface area contributed by atoms with Gasteiger partial charge in [-0.15, -0.1) is 6.58 Å². The highest BCUT2D eigenvalue weighted by Crippen LogP contribution is 2.24. The lowest BCUT2D eigenvalue weighted by molar-refractivity contribution is 0.472. The van der Waals surface area contributed by atoms with Gasteiger partial charge in [0, 0.05) is 23.1 Å². The Kier molecular flexibility index (Phi) is 9.90. The minimum absolute atomic E-state index is 0.0225. The summed E-state index contributed by atoms with van der Waals surface area (Å²) in [7, 11) is 0. The number of nitrogens with zero attached hydrogens (tertiary/aromatic N) is 2. The number of anilines is 1. The molecule has 0 aliphatic heterocycles. The highest BCUT2D eigenvalue weighted by molar-refractivity contribution is 5.81. The smallest absolute Gasteiger partial charge is 0.193 e.